The summed E-state index contributed by atoms with van der Waals surface area (Å²) in [7, 11) is -0.612. The molecule has 1 N–H and O–H groups in total. The summed E-state index contributed by atoms with van der Waals surface area (Å²) in [6.07, 6.45) is -0.140. The first-order valence-corrected chi connectivity index (χ1v) is 15.3. The zero-order chi connectivity index (χ0) is 30.4. The monoisotopic (exact) mass is 664 g/mol. The summed E-state index contributed by atoms with van der Waals surface area (Å²) in [6.45, 7) is 0.915. The summed E-state index contributed by atoms with van der Waals surface area (Å²) >= 11 is 3.30. The molecule has 0 bridgehead atoms. The van der Waals surface area contributed by atoms with Crippen LogP contribution in [0.2, 0.25) is 0 Å². The van der Waals surface area contributed by atoms with Crippen molar-refractivity contribution in [3.63, 3.8) is 0 Å². The average molecular weight is 666 g/mol. The van der Waals surface area contributed by atoms with Gasteiger partial charge in [-0.3, -0.25) is 14.5 Å². The maximum absolute atomic E-state index is 13.9. The Kier molecular flexibility index (Phi) is 10.3. The van der Waals surface area contributed by atoms with Crippen LogP contribution >= 0.6 is 15.9 Å². The molecule has 1 fully saturated rings. The standard InChI is InChI=1S/C29H31BrF2N4O5S/c1-34(24-5-7-25(41-2)8-6-24)29(38)27(17-20-15-22(31)18-23(32)16-20)33-28(37)19-35-11-13-36(14-12-35)42(39,40)26-9-3-21(30)4-10-26/h3-10,15-16,18,27H,11-14,17,19H2,1-2H3,(H,33,37)/t27-/m0/s1. The average Bonchev–Trinajstić information content (AvgIpc) is 2.96. The number of likely N-dealkylation sites (N-methyl/N-ethyl adjacent to an activating group) is 1. The molecule has 0 radical (unpaired) electrons. The fraction of sp³-hybridized carbons (Fsp3) is 0.310. The molecule has 1 heterocycles. The second kappa shape index (κ2) is 13.7. The van der Waals surface area contributed by atoms with Gasteiger partial charge in [0, 0.05) is 55.9 Å². The molecular formula is C29H31BrF2N4O5S. The molecule has 3 aromatic rings. The molecule has 1 aliphatic rings. The van der Waals surface area contributed by atoms with E-state index < -0.39 is 39.5 Å². The molecule has 0 saturated carbocycles. The van der Waals surface area contributed by atoms with E-state index in [2.05, 4.69) is 21.2 Å². The first-order chi connectivity index (χ1) is 20.0. The predicted octanol–water partition coefficient (Wildman–Crippen LogP) is 3.43. The molecule has 9 nitrogen and oxygen atoms in total. The van der Waals surface area contributed by atoms with Gasteiger partial charge in [-0.1, -0.05) is 15.9 Å². The summed E-state index contributed by atoms with van der Waals surface area (Å²) < 4.78 is 61.1. The number of halogens is 3. The van der Waals surface area contributed by atoms with E-state index in [-0.39, 0.29) is 36.5 Å². The van der Waals surface area contributed by atoms with E-state index in [9.17, 15) is 26.8 Å². The lowest BCUT2D eigenvalue weighted by Gasteiger charge is -2.34. The molecule has 1 aliphatic heterocycles. The molecule has 0 aliphatic carbocycles. The van der Waals surface area contributed by atoms with Crippen molar-refractivity contribution in [2.24, 2.45) is 0 Å². The number of carbonyl (C=O) groups excluding carboxylic acids is 2. The first kappa shape index (κ1) is 31.5. The van der Waals surface area contributed by atoms with E-state index in [1.54, 1.807) is 48.3 Å². The van der Waals surface area contributed by atoms with Crippen LogP contribution in [0.4, 0.5) is 14.5 Å². The highest BCUT2D eigenvalue weighted by atomic mass is 79.9. The number of anilines is 1. The number of hydrogen-bond donors (Lipinski definition) is 1. The molecule has 0 aromatic heterocycles. The highest BCUT2D eigenvalue weighted by Crippen LogP contribution is 2.21. The Morgan fingerprint density at radius 2 is 1.57 bits per heavy atom. The number of rotatable bonds is 10. The van der Waals surface area contributed by atoms with Crippen LogP contribution in [0.5, 0.6) is 5.75 Å². The van der Waals surface area contributed by atoms with Crippen LogP contribution < -0.4 is 15.0 Å². The summed E-state index contributed by atoms with van der Waals surface area (Å²) in [5.41, 5.74) is 0.745. The Hall–Kier alpha value is -3.39. The molecule has 3 aromatic carbocycles. The Morgan fingerprint density at radius 1 is 0.976 bits per heavy atom. The molecule has 1 atom stereocenters. The number of ether oxygens (including phenoxy) is 1. The number of methoxy groups -OCH3 is 1. The molecular weight excluding hydrogens is 634 g/mol. The molecule has 2 amide bonds. The van der Waals surface area contributed by atoms with Gasteiger partial charge >= 0.3 is 0 Å². The maximum Gasteiger partial charge on any atom is 0.249 e. The Labute approximate surface area is 252 Å². The van der Waals surface area contributed by atoms with Crippen molar-refractivity contribution in [2.45, 2.75) is 17.4 Å². The van der Waals surface area contributed by atoms with Gasteiger partial charge in [0.2, 0.25) is 21.8 Å². The summed E-state index contributed by atoms with van der Waals surface area (Å²) in [6, 6.07) is 15.0. The van der Waals surface area contributed by atoms with Crippen molar-refractivity contribution in [1.82, 2.24) is 14.5 Å². The number of sulfonamides is 1. The van der Waals surface area contributed by atoms with Gasteiger partial charge in [-0.05, 0) is 66.2 Å². The van der Waals surface area contributed by atoms with Crippen LogP contribution in [-0.4, -0.2) is 82.4 Å². The van der Waals surface area contributed by atoms with Crippen LogP contribution in [0.25, 0.3) is 0 Å². The largest absolute Gasteiger partial charge is 0.497 e. The normalized spacial score (nSPS) is 15.2. The number of nitrogens with zero attached hydrogens (tertiary/aromatic N) is 3. The van der Waals surface area contributed by atoms with Gasteiger partial charge in [-0.25, -0.2) is 17.2 Å². The van der Waals surface area contributed by atoms with E-state index in [1.165, 1.54) is 28.4 Å². The van der Waals surface area contributed by atoms with Gasteiger partial charge in [-0.15, -0.1) is 0 Å². The Morgan fingerprint density at radius 3 is 2.14 bits per heavy atom. The number of nitrogens with one attached hydrogen (secondary N) is 1. The van der Waals surface area contributed by atoms with Crippen LogP contribution in [-0.2, 0) is 26.0 Å². The van der Waals surface area contributed by atoms with Crippen LogP contribution in [0, 0.1) is 11.6 Å². The Balaban J connectivity index is 1.42. The van der Waals surface area contributed by atoms with Crippen molar-refractivity contribution >= 4 is 43.5 Å². The van der Waals surface area contributed by atoms with Gasteiger partial charge < -0.3 is 15.0 Å². The van der Waals surface area contributed by atoms with Crippen LogP contribution in [0.15, 0.2) is 76.1 Å². The number of benzene rings is 3. The fourth-order valence-corrected chi connectivity index (χ4v) is 6.34. The number of hydrogen-bond acceptors (Lipinski definition) is 6. The minimum atomic E-state index is -3.68. The summed E-state index contributed by atoms with van der Waals surface area (Å²) in [5.74, 6) is -1.94. The second-order valence-corrected chi connectivity index (χ2v) is 12.7. The minimum absolute atomic E-state index is 0.0836. The van der Waals surface area contributed by atoms with Gasteiger partial charge in [0.15, 0.2) is 0 Å². The summed E-state index contributed by atoms with van der Waals surface area (Å²) in [5, 5.41) is 2.72. The fourth-order valence-electron chi connectivity index (χ4n) is 4.66. The topological polar surface area (TPSA) is 99.3 Å². The van der Waals surface area contributed by atoms with Gasteiger partial charge in [0.05, 0.1) is 18.6 Å². The zero-order valence-corrected chi connectivity index (χ0v) is 25.5. The summed E-state index contributed by atoms with van der Waals surface area (Å²) in [4.78, 5) is 29.9. The van der Waals surface area contributed by atoms with Gasteiger partial charge in [-0.2, -0.15) is 4.31 Å². The minimum Gasteiger partial charge on any atom is -0.497 e. The zero-order valence-electron chi connectivity index (χ0n) is 23.1. The quantitative estimate of drug-likeness (QED) is 0.357. The van der Waals surface area contributed by atoms with Gasteiger partial charge in [0.25, 0.3) is 0 Å². The van der Waals surface area contributed by atoms with Crippen molar-refractivity contribution in [1.29, 1.82) is 0 Å². The molecule has 4 rings (SSSR count). The highest BCUT2D eigenvalue weighted by Gasteiger charge is 2.31. The third-order valence-corrected chi connectivity index (χ3v) is 9.38. The van der Waals surface area contributed by atoms with Crippen LogP contribution in [0.3, 0.4) is 0 Å². The third-order valence-electron chi connectivity index (χ3n) is 6.94. The van der Waals surface area contributed by atoms with Crippen LogP contribution in [0.1, 0.15) is 5.56 Å². The maximum atomic E-state index is 13.9. The first-order valence-electron chi connectivity index (χ1n) is 13.1. The smallest absolute Gasteiger partial charge is 0.249 e. The number of piperazine rings is 1. The lowest BCUT2D eigenvalue weighted by atomic mass is 10.0. The highest BCUT2D eigenvalue weighted by molar-refractivity contribution is 9.10. The number of carbonyl (C=O) groups is 2. The predicted molar refractivity (Wildman–Crippen MR) is 158 cm³/mol. The molecule has 0 unspecified atom stereocenters. The third kappa shape index (κ3) is 7.91. The molecule has 224 valence electrons. The van der Waals surface area contributed by atoms with Gasteiger partial charge in [0.1, 0.15) is 23.4 Å². The van der Waals surface area contributed by atoms with Crippen molar-refractivity contribution in [2.75, 3.05) is 51.8 Å². The molecule has 13 heteroatoms. The lowest BCUT2D eigenvalue weighted by molar-refractivity contribution is -0.128. The molecule has 0 spiro atoms. The SMILES string of the molecule is COc1ccc(N(C)C(=O)[C@H](Cc2cc(F)cc(F)c2)NC(=O)CN2CCN(S(=O)(=O)c3ccc(Br)cc3)CC2)cc1. The van der Waals surface area contributed by atoms with E-state index in [0.717, 1.165) is 22.7 Å². The van der Waals surface area contributed by atoms with E-state index in [4.69, 9.17) is 4.74 Å². The van der Waals surface area contributed by atoms with Crippen molar-refractivity contribution in [3.05, 3.63) is 88.4 Å². The van der Waals surface area contributed by atoms with E-state index in [1.807, 2.05) is 0 Å². The molecule has 42 heavy (non-hydrogen) atoms. The van der Waals surface area contributed by atoms with E-state index >= 15 is 0 Å². The Bertz CT molecular complexity index is 1500. The van der Waals surface area contributed by atoms with Crippen molar-refractivity contribution in [3.8, 4) is 5.75 Å². The lowest BCUT2D eigenvalue weighted by Crippen LogP contribution is -2.54. The van der Waals surface area contributed by atoms with E-state index in [0.29, 0.717) is 24.5 Å². The second-order valence-electron chi connectivity index (χ2n) is 9.83. The molecule has 1 saturated heterocycles. The van der Waals surface area contributed by atoms with Crippen molar-refractivity contribution < 1.29 is 31.5 Å². The number of amides is 2.